The Labute approximate surface area is 114 Å². The minimum atomic E-state index is -0.107. The number of hydrogen-bond acceptors (Lipinski definition) is 3. The fourth-order valence-corrected chi connectivity index (χ4v) is 1.93. The molecule has 1 aromatic carbocycles. The number of rotatable bonds is 6. The first-order chi connectivity index (χ1) is 9.06. The average Bonchev–Trinajstić information content (AvgIpc) is 3.18. The summed E-state index contributed by atoms with van der Waals surface area (Å²) >= 11 is 0. The van der Waals surface area contributed by atoms with Crippen LogP contribution in [0.2, 0.25) is 0 Å². The highest BCUT2D eigenvalue weighted by Gasteiger charge is 2.21. The molecule has 0 aromatic heterocycles. The van der Waals surface area contributed by atoms with E-state index in [9.17, 15) is 4.79 Å². The lowest BCUT2D eigenvalue weighted by Gasteiger charge is -2.14. The normalized spacial score (nSPS) is 15.9. The third-order valence-corrected chi connectivity index (χ3v) is 3.30. The minimum absolute atomic E-state index is 0.0511. The number of carbonyl (C=O) groups excluding carboxylic acids is 1. The Kier molecular flexibility index (Phi) is 4.43. The predicted octanol–water partition coefficient (Wildman–Crippen LogP) is 1.92. The number of nitrogens with two attached hydrogens (primary N) is 1. The molecule has 1 fully saturated rings. The van der Waals surface area contributed by atoms with Crippen LogP contribution in [0.3, 0.4) is 0 Å². The fourth-order valence-electron chi connectivity index (χ4n) is 1.93. The largest absolute Gasteiger partial charge is 0.483 e. The molecule has 19 heavy (non-hydrogen) atoms. The molecule has 3 N–H and O–H groups in total. The van der Waals surface area contributed by atoms with Crippen LogP contribution in [0.5, 0.6) is 5.75 Å². The van der Waals surface area contributed by atoms with Crippen molar-refractivity contribution in [3.8, 4) is 5.75 Å². The van der Waals surface area contributed by atoms with E-state index in [4.69, 9.17) is 10.5 Å². The van der Waals surface area contributed by atoms with Crippen molar-refractivity contribution in [1.29, 1.82) is 0 Å². The van der Waals surface area contributed by atoms with E-state index >= 15 is 0 Å². The van der Waals surface area contributed by atoms with Crippen LogP contribution in [-0.4, -0.2) is 19.1 Å². The molecule has 0 saturated heterocycles. The van der Waals surface area contributed by atoms with Crippen molar-refractivity contribution in [2.45, 2.75) is 32.7 Å². The molecule has 0 heterocycles. The number of hydrogen-bond donors (Lipinski definition) is 2. The standard InChI is InChI=1S/C15H22N2O2/c1-10-3-6-14(13(7-10)11(2)16)19-9-15(18)17-8-12-4-5-12/h3,6-7,11-12H,4-5,8-9,16H2,1-2H3,(H,17,18)/t11-/m1/s1. The maximum atomic E-state index is 11.6. The zero-order chi connectivity index (χ0) is 13.8. The second-order valence-electron chi connectivity index (χ2n) is 5.37. The van der Waals surface area contributed by atoms with Gasteiger partial charge in [-0.25, -0.2) is 0 Å². The Hall–Kier alpha value is -1.55. The van der Waals surface area contributed by atoms with Crippen LogP contribution in [-0.2, 0) is 4.79 Å². The second-order valence-corrected chi connectivity index (χ2v) is 5.37. The van der Waals surface area contributed by atoms with Crippen LogP contribution < -0.4 is 15.8 Å². The van der Waals surface area contributed by atoms with E-state index in [1.807, 2.05) is 32.0 Å². The van der Waals surface area contributed by atoms with Gasteiger partial charge in [0.15, 0.2) is 6.61 Å². The van der Waals surface area contributed by atoms with Crippen LogP contribution in [0.1, 0.15) is 36.9 Å². The van der Waals surface area contributed by atoms with Gasteiger partial charge in [0.05, 0.1) is 0 Å². The molecule has 0 spiro atoms. The van der Waals surface area contributed by atoms with E-state index in [0.717, 1.165) is 17.7 Å². The molecule has 0 bridgehead atoms. The highest BCUT2D eigenvalue weighted by Crippen LogP contribution is 2.27. The lowest BCUT2D eigenvalue weighted by molar-refractivity contribution is -0.123. The summed E-state index contributed by atoms with van der Waals surface area (Å²) in [4.78, 5) is 11.6. The molecule has 1 aromatic rings. The van der Waals surface area contributed by atoms with Gasteiger partial charge in [0.2, 0.25) is 0 Å². The molecule has 1 atom stereocenters. The van der Waals surface area contributed by atoms with Crippen molar-refractivity contribution in [2.75, 3.05) is 13.2 Å². The van der Waals surface area contributed by atoms with Gasteiger partial charge in [-0.2, -0.15) is 0 Å². The third-order valence-electron chi connectivity index (χ3n) is 3.30. The highest BCUT2D eigenvalue weighted by molar-refractivity contribution is 5.77. The summed E-state index contributed by atoms with van der Waals surface area (Å²) < 4.78 is 5.58. The smallest absolute Gasteiger partial charge is 0.257 e. The minimum Gasteiger partial charge on any atom is -0.483 e. The van der Waals surface area contributed by atoms with Gasteiger partial charge >= 0.3 is 0 Å². The number of carbonyl (C=O) groups is 1. The molecule has 4 heteroatoms. The van der Waals surface area contributed by atoms with E-state index in [1.165, 1.54) is 12.8 Å². The van der Waals surface area contributed by atoms with Gasteiger partial charge in [0, 0.05) is 18.2 Å². The van der Waals surface area contributed by atoms with E-state index < -0.39 is 0 Å². The van der Waals surface area contributed by atoms with E-state index in [2.05, 4.69) is 5.32 Å². The van der Waals surface area contributed by atoms with E-state index in [0.29, 0.717) is 11.7 Å². The number of benzene rings is 1. The predicted molar refractivity (Wildman–Crippen MR) is 75.0 cm³/mol. The summed E-state index contributed by atoms with van der Waals surface area (Å²) in [7, 11) is 0. The van der Waals surface area contributed by atoms with Gasteiger partial charge in [0.25, 0.3) is 5.91 Å². The zero-order valence-electron chi connectivity index (χ0n) is 11.6. The topological polar surface area (TPSA) is 64.3 Å². The van der Waals surface area contributed by atoms with Gasteiger partial charge in [-0.3, -0.25) is 4.79 Å². The SMILES string of the molecule is Cc1ccc(OCC(=O)NCC2CC2)c([C@@H](C)N)c1. The fraction of sp³-hybridized carbons (Fsp3) is 0.533. The monoisotopic (exact) mass is 262 g/mol. The van der Waals surface area contributed by atoms with Crippen molar-refractivity contribution in [3.63, 3.8) is 0 Å². The summed E-state index contributed by atoms with van der Waals surface area (Å²) in [6.07, 6.45) is 2.46. The first-order valence-electron chi connectivity index (χ1n) is 6.82. The van der Waals surface area contributed by atoms with Crippen molar-refractivity contribution >= 4 is 5.91 Å². The lowest BCUT2D eigenvalue weighted by Crippen LogP contribution is -2.30. The van der Waals surface area contributed by atoms with E-state index in [-0.39, 0.29) is 18.6 Å². The molecule has 1 aliphatic rings. The van der Waals surface area contributed by atoms with Crippen molar-refractivity contribution in [2.24, 2.45) is 11.7 Å². The van der Waals surface area contributed by atoms with Crippen molar-refractivity contribution in [3.05, 3.63) is 29.3 Å². The molecular formula is C15H22N2O2. The maximum Gasteiger partial charge on any atom is 0.257 e. The molecule has 1 amide bonds. The summed E-state index contributed by atoms with van der Waals surface area (Å²) in [5.41, 5.74) is 7.99. The molecule has 0 unspecified atom stereocenters. The number of nitrogens with one attached hydrogen (secondary N) is 1. The van der Waals surface area contributed by atoms with Gasteiger partial charge < -0.3 is 15.8 Å². The third kappa shape index (κ3) is 4.24. The summed E-state index contributed by atoms with van der Waals surface area (Å²) in [6.45, 7) is 4.75. The molecular weight excluding hydrogens is 240 g/mol. The number of aryl methyl sites for hydroxylation is 1. The molecule has 4 nitrogen and oxygen atoms in total. The average molecular weight is 262 g/mol. The summed E-state index contributed by atoms with van der Waals surface area (Å²) in [6, 6.07) is 5.73. The molecule has 0 aliphatic heterocycles. The molecule has 104 valence electrons. The molecule has 2 rings (SSSR count). The summed E-state index contributed by atoms with van der Waals surface area (Å²) in [5, 5.41) is 2.88. The second kappa shape index (κ2) is 6.06. The Morgan fingerprint density at radius 1 is 1.53 bits per heavy atom. The first-order valence-corrected chi connectivity index (χ1v) is 6.82. The van der Waals surface area contributed by atoms with Crippen molar-refractivity contribution < 1.29 is 9.53 Å². The number of ether oxygens (including phenoxy) is 1. The van der Waals surface area contributed by atoms with Gasteiger partial charge in [-0.05, 0) is 38.7 Å². The Bertz CT molecular complexity index is 453. The summed E-state index contributed by atoms with van der Waals surface area (Å²) in [5.74, 6) is 1.31. The zero-order valence-corrected chi connectivity index (χ0v) is 11.6. The lowest BCUT2D eigenvalue weighted by atomic mass is 10.1. The van der Waals surface area contributed by atoms with Crippen LogP contribution in [0.15, 0.2) is 18.2 Å². The highest BCUT2D eigenvalue weighted by atomic mass is 16.5. The first kappa shape index (κ1) is 13.9. The quantitative estimate of drug-likeness (QED) is 0.823. The molecule has 1 aliphatic carbocycles. The number of amides is 1. The Morgan fingerprint density at radius 3 is 2.89 bits per heavy atom. The van der Waals surface area contributed by atoms with Crippen LogP contribution in [0.25, 0.3) is 0 Å². The van der Waals surface area contributed by atoms with Crippen molar-refractivity contribution in [1.82, 2.24) is 5.32 Å². The van der Waals surface area contributed by atoms with Crippen LogP contribution >= 0.6 is 0 Å². The Balaban J connectivity index is 1.88. The van der Waals surface area contributed by atoms with Gasteiger partial charge in [-0.1, -0.05) is 17.7 Å². The van der Waals surface area contributed by atoms with Crippen LogP contribution in [0.4, 0.5) is 0 Å². The van der Waals surface area contributed by atoms with Gasteiger partial charge in [-0.15, -0.1) is 0 Å². The van der Waals surface area contributed by atoms with Gasteiger partial charge in [0.1, 0.15) is 5.75 Å². The van der Waals surface area contributed by atoms with E-state index in [1.54, 1.807) is 0 Å². The molecule has 0 radical (unpaired) electrons. The maximum absolute atomic E-state index is 11.6. The molecule has 1 saturated carbocycles. The van der Waals surface area contributed by atoms with Crippen LogP contribution in [0, 0.1) is 12.8 Å². The Morgan fingerprint density at radius 2 is 2.26 bits per heavy atom.